The summed E-state index contributed by atoms with van der Waals surface area (Å²) < 4.78 is 40.4. The van der Waals surface area contributed by atoms with Crippen molar-refractivity contribution >= 4 is 11.6 Å². The van der Waals surface area contributed by atoms with Crippen molar-refractivity contribution in [1.82, 2.24) is 0 Å². The molecule has 0 aliphatic rings. The van der Waals surface area contributed by atoms with Gasteiger partial charge in [-0.25, -0.2) is 0 Å². The average molecular weight is 263 g/mol. The van der Waals surface area contributed by atoms with Crippen molar-refractivity contribution in [3.05, 3.63) is 18.2 Å². The molecule has 2 N–H and O–H groups in total. The molecule has 0 aliphatic heterocycles. The molecule has 0 unspecified atom stereocenters. The molecule has 0 spiro atoms. The Balaban J connectivity index is 2.57. The highest BCUT2D eigenvalue weighted by Gasteiger charge is 2.27. The first-order valence-electron chi connectivity index (χ1n) is 5.05. The van der Waals surface area contributed by atoms with E-state index in [0.29, 0.717) is 0 Å². The van der Waals surface area contributed by atoms with Gasteiger partial charge in [-0.1, -0.05) is 0 Å². The second-order valence-corrected chi connectivity index (χ2v) is 3.55. The minimum Gasteiger partial charge on any atom is -0.504 e. The number of hydrogen-bond acceptors (Lipinski definition) is 3. The number of alkyl halides is 3. The highest BCUT2D eigenvalue weighted by molar-refractivity contribution is 5.91. The summed E-state index contributed by atoms with van der Waals surface area (Å²) >= 11 is 0. The van der Waals surface area contributed by atoms with Crippen LogP contribution in [0.1, 0.15) is 12.8 Å². The fraction of sp³-hybridized carbons (Fsp3) is 0.364. The van der Waals surface area contributed by atoms with Gasteiger partial charge in [-0.15, -0.1) is 0 Å². The van der Waals surface area contributed by atoms with Gasteiger partial charge in [0.1, 0.15) is 0 Å². The van der Waals surface area contributed by atoms with Gasteiger partial charge in [0.2, 0.25) is 5.91 Å². The highest BCUT2D eigenvalue weighted by atomic mass is 19.4. The van der Waals surface area contributed by atoms with Crippen LogP contribution < -0.4 is 10.1 Å². The number of phenolic OH excluding ortho intramolecular Hbond substituents is 1. The van der Waals surface area contributed by atoms with E-state index in [2.05, 4.69) is 5.32 Å². The minimum absolute atomic E-state index is 0.203. The van der Waals surface area contributed by atoms with Crippen LogP contribution in [0.3, 0.4) is 0 Å². The molecule has 0 heterocycles. The number of phenols is 1. The molecule has 100 valence electrons. The van der Waals surface area contributed by atoms with Crippen LogP contribution in [0, 0.1) is 0 Å². The fourth-order valence-electron chi connectivity index (χ4n) is 1.25. The lowest BCUT2D eigenvalue weighted by Gasteiger charge is -2.09. The van der Waals surface area contributed by atoms with Gasteiger partial charge in [-0.2, -0.15) is 13.2 Å². The summed E-state index contributed by atoms with van der Waals surface area (Å²) in [7, 11) is 1.36. The summed E-state index contributed by atoms with van der Waals surface area (Å²) in [6.45, 7) is 0. The molecule has 18 heavy (non-hydrogen) atoms. The van der Waals surface area contributed by atoms with Crippen molar-refractivity contribution in [3.63, 3.8) is 0 Å². The van der Waals surface area contributed by atoms with Crippen molar-refractivity contribution in [2.24, 2.45) is 0 Å². The number of halogens is 3. The molecular formula is C11H12F3NO3. The van der Waals surface area contributed by atoms with Crippen LogP contribution in [0.5, 0.6) is 11.5 Å². The van der Waals surface area contributed by atoms with Gasteiger partial charge >= 0.3 is 6.18 Å². The quantitative estimate of drug-likeness (QED) is 0.878. The first-order valence-corrected chi connectivity index (χ1v) is 5.05. The Kier molecular flexibility index (Phi) is 4.41. The Morgan fingerprint density at radius 2 is 2.11 bits per heavy atom. The van der Waals surface area contributed by atoms with Gasteiger partial charge in [0.25, 0.3) is 0 Å². The maximum absolute atomic E-state index is 11.9. The Labute approximate surface area is 101 Å². The standard InChI is InChI=1S/C11H12F3NO3/c1-18-9-3-2-7(6-8(9)16)15-10(17)4-5-11(12,13)14/h2-3,6,16H,4-5H2,1H3,(H,15,17). The molecule has 0 bridgehead atoms. The number of nitrogens with one attached hydrogen (secondary N) is 1. The van der Waals surface area contributed by atoms with Gasteiger partial charge in [0.05, 0.1) is 13.5 Å². The van der Waals surface area contributed by atoms with Crippen LogP contribution in [0.15, 0.2) is 18.2 Å². The van der Waals surface area contributed by atoms with Crippen molar-refractivity contribution in [2.75, 3.05) is 12.4 Å². The molecule has 7 heteroatoms. The average Bonchev–Trinajstić information content (AvgIpc) is 2.26. The molecule has 0 atom stereocenters. The normalized spacial score (nSPS) is 11.1. The van der Waals surface area contributed by atoms with Gasteiger partial charge in [-0.3, -0.25) is 4.79 Å². The molecule has 0 aromatic heterocycles. The van der Waals surface area contributed by atoms with Crippen molar-refractivity contribution < 1.29 is 27.8 Å². The minimum atomic E-state index is -4.36. The number of carbonyl (C=O) groups is 1. The molecule has 4 nitrogen and oxygen atoms in total. The SMILES string of the molecule is COc1ccc(NC(=O)CCC(F)(F)F)cc1O. The summed E-state index contributed by atoms with van der Waals surface area (Å²) in [5.41, 5.74) is 0.209. The molecule has 1 aromatic rings. The third-order valence-electron chi connectivity index (χ3n) is 2.10. The smallest absolute Gasteiger partial charge is 0.389 e. The number of hydrogen-bond donors (Lipinski definition) is 2. The van der Waals surface area contributed by atoms with E-state index in [4.69, 9.17) is 4.74 Å². The van der Waals surface area contributed by atoms with Crippen molar-refractivity contribution in [1.29, 1.82) is 0 Å². The van der Waals surface area contributed by atoms with E-state index in [9.17, 15) is 23.1 Å². The van der Waals surface area contributed by atoms with Crippen LogP contribution in [0.2, 0.25) is 0 Å². The summed E-state index contributed by atoms with van der Waals surface area (Å²) in [5.74, 6) is -0.758. The summed E-state index contributed by atoms with van der Waals surface area (Å²) in [6, 6.07) is 4.02. The Hall–Kier alpha value is -1.92. The second-order valence-electron chi connectivity index (χ2n) is 3.55. The van der Waals surface area contributed by atoms with Crippen molar-refractivity contribution in [3.8, 4) is 11.5 Å². The third-order valence-corrected chi connectivity index (χ3v) is 2.10. The van der Waals surface area contributed by atoms with Gasteiger partial charge in [-0.05, 0) is 12.1 Å². The number of benzene rings is 1. The van der Waals surface area contributed by atoms with Gasteiger partial charge in [0, 0.05) is 18.2 Å². The summed E-state index contributed by atoms with van der Waals surface area (Å²) in [4.78, 5) is 11.2. The Morgan fingerprint density at radius 3 is 2.61 bits per heavy atom. The van der Waals surface area contributed by atoms with Crippen LogP contribution in [0.25, 0.3) is 0 Å². The topological polar surface area (TPSA) is 58.6 Å². The van der Waals surface area contributed by atoms with Gasteiger partial charge < -0.3 is 15.2 Å². The molecule has 0 aliphatic carbocycles. The second kappa shape index (κ2) is 5.61. The summed E-state index contributed by atoms with van der Waals surface area (Å²) in [6.07, 6.45) is -6.20. The fourth-order valence-corrected chi connectivity index (χ4v) is 1.25. The molecule has 1 aromatic carbocycles. The predicted molar refractivity (Wildman–Crippen MR) is 58.6 cm³/mol. The lowest BCUT2D eigenvalue weighted by atomic mass is 10.2. The molecule has 0 saturated heterocycles. The van der Waals surface area contributed by atoms with E-state index >= 15 is 0 Å². The van der Waals surface area contributed by atoms with E-state index in [-0.39, 0.29) is 17.2 Å². The third kappa shape index (κ3) is 4.52. The molecule has 0 saturated carbocycles. The monoisotopic (exact) mass is 263 g/mol. The number of amides is 1. The van der Waals surface area contributed by atoms with E-state index in [0.717, 1.165) is 0 Å². The van der Waals surface area contributed by atoms with E-state index in [1.807, 2.05) is 0 Å². The Morgan fingerprint density at radius 1 is 1.44 bits per heavy atom. The van der Waals surface area contributed by atoms with Crippen LogP contribution >= 0.6 is 0 Å². The zero-order chi connectivity index (χ0) is 13.8. The molecular weight excluding hydrogens is 251 g/mol. The van der Waals surface area contributed by atoms with Crippen LogP contribution in [-0.2, 0) is 4.79 Å². The number of methoxy groups -OCH3 is 1. The first-order chi connectivity index (χ1) is 8.31. The van der Waals surface area contributed by atoms with E-state index in [1.165, 1.54) is 25.3 Å². The zero-order valence-corrected chi connectivity index (χ0v) is 9.54. The summed E-state index contributed by atoms with van der Waals surface area (Å²) in [5, 5.41) is 11.7. The lowest BCUT2D eigenvalue weighted by Crippen LogP contribution is -2.16. The van der Waals surface area contributed by atoms with Gasteiger partial charge in [0.15, 0.2) is 11.5 Å². The largest absolute Gasteiger partial charge is 0.504 e. The van der Waals surface area contributed by atoms with Crippen LogP contribution in [-0.4, -0.2) is 24.3 Å². The number of rotatable bonds is 4. The Bertz CT molecular complexity index is 432. The van der Waals surface area contributed by atoms with Crippen molar-refractivity contribution in [2.45, 2.75) is 19.0 Å². The molecule has 0 fully saturated rings. The number of anilines is 1. The highest BCUT2D eigenvalue weighted by Crippen LogP contribution is 2.28. The lowest BCUT2D eigenvalue weighted by molar-refractivity contribution is -0.142. The molecule has 1 amide bonds. The zero-order valence-electron chi connectivity index (χ0n) is 9.54. The predicted octanol–water partition coefficient (Wildman–Crippen LogP) is 2.68. The number of aromatic hydroxyl groups is 1. The van der Waals surface area contributed by atoms with E-state index in [1.54, 1.807) is 0 Å². The first kappa shape index (κ1) is 14.1. The van der Waals surface area contributed by atoms with Crippen LogP contribution in [0.4, 0.5) is 18.9 Å². The maximum atomic E-state index is 11.9. The number of ether oxygens (including phenoxy) is 1. The molecule has 1 rings (SSSR count). The maximum Gasteiger partial charge on any atom is 0.389 e. The molecule has 0 radical (unpaired) electrons. The van der Waals surface area contributed by atoms with E-state index < -0.39 is 24.9 Å². The number of carbonyl (C=O) groups excluding carboxylic acids is 1.